The van der Waals surface area contributed by atoms with E-state index in [2.05, 4.69) is 28.4 Å². The van der Waals surface area contributed by atoms with Gasteiger partial charge in [-0.3, -0.25) is 4.98 Å². The molecule has 0 bridgehead atoms. The molecule has 19 heavy (non-hydrogen) atoms. The number of rotatable bonds is 5. The molecule has 0 fully saturated rings. The molecule has 1 N–H and O–H groups in total. The average molecular weight is 260 g/mol. The predicted molar refractivity (Wildman–Crippen MR) is 74.0 cm³/mol. The topological polar surface area (TPSA) is 52.0 Å². The molecule has 0 amide bonds. The Morgan fingerprint density at radius 1 is 1.32 bits per heavy atom. The third-order valence-corrected chi connectivity index (χ3v) is 3.19. The zero-order valence-electron chi connectivity index (χ0n) is 11.9. The van der Waals surface area contributed by atoms with E-state index >= 15 is 0 Å². The maximum atomic E-state index is 5.37. The van der Waals surface area contributed by atoms with Gasteiger partial charge in [0.05, 0.1) is 24.1 Å². The molecule has 0 unspecified atom stereocenters. The van der Waals surface area contributed by atoms with Crippen LogP contribution in [0.5, 0.6) is 5.88 Å². The van der Waals surface area contributed by atoms with Gasteiger partial charge in [0.25, 0.3) is 0 Å². The SMILES string of the molecule is COc1c(CNCc2ncccc2C)c(C)nn1C. The Morgan fingerprint density at radius 3 is 2.79 bits per heavy atom. The largest absolute Gasteiger partial charge is 0.481 e. The van der Waals surface area contributed by atoms with Gasteiger partial charge in [-0.05, 0) is 25.5 Å². The van der Waals surface area contributed by atoms with Gasteiger partial charge in [0.2, 0.25) is 5.88 Å². The third-order valence-electron chi connectivity index (χ3n) is 3.19. The van der Waals surface area contributed by atoms with Gasteiger partial charge < -0.3 is 10.1 Å². The van der Waals surface area contributed by atoms with Crippen LogP contribution in [0.15, 0.2) is 18.3 Å². The van der Waals surface area contributed by atoms with Crippen molar-refractivity contribution in [1.29, 1.82) is 0 Å². The number of pyridine rings is 1. The van der Waals surface area contributed by atoms with Gasteiger partial charge in [0, 0.05) is 26.3 Å². The van der Waals surface area contributed by atoms with Crippen LogP contribution in [-0.4, -0.2) is 21.9 Å². The van der Waals surface area contributed by atoms with Crippen LogP contribution in [0.3, 0.4) is 0 Å². The van der Waals surface area contributed by atoms with Crippen molar-refractivity contribution in [2.24, 2.45) is 7.05 Å². The van der Waals surface area contributed by atoms with Crippen molar-refractivity contribution in [1.82, 2.24) is 20.1 Å². The molecule has 0 saturated carbocycles. The molecule has 2 rings (SSSR count). The summed E-state index contributed by atoms with van der Waals surface area (Å²) in [5, 5.41) is 7.75. The molecule has 0 aromatic carbocycles. The van der Waals surface area contributed by atoms with E-state index in [9.17, 15) is 0 Å². The molecule has 0 aliphatic heterocycles. The van der Waals surface area contributed by atoms with E-state index in [0.717, 1.165) is 35.9 Å². The van der Waals surface area contributed by atoms with Crippen LogP contribution in [0.4, 0.5) is 0 Å². The Hall–Kier alpha value is -1.88. The van der Waals surface area contributed by atoms with E-state index in [1.54, 1.807) is 11.8 Å². The summed E-state index contributed by atoms with van der Waals surface area (Å²) in [6.07, 6.45) is 1.82. The van der Waals surface area contributed by atoms with Gasteiger partial charge in [-0.1, -0.05) is 6.07 Å². The maximum Gasteiger partial charge on any atom is 0.216 e. The minimum absolute atomic E-state index is 0.721. The first-order valence-corrected chi connectivity index (χ1v) is 6.31. The lowest BCUT2D eigenvalue weighted by molar-refractivity contribution is 0.368. The number of hydrogen-bond acceptors (Lipinski definition) is 4. The molecular formula is C14H20N4O. The molecule has 0 aliphatic rings. The number of ether oxygens (including phenoxy) is 1. The van der Waals surface area contributed by atoms with Crippen LogP contribution in [-0.2, 0) is 20.1 Å². The lowest BCUT2D eigenvalue weighted by Crippen LogP contribution is -2.15. The fraction of sp³-hybridized carbons (Fsp3) is 0.429. The summed E-state index contributed by atoms with van der Waals surface area (Å²) in [4.78, 5) is 4.37. The van der Waals surface area contributed by atoms with Crippen LogP contribution >= 0.6 is 0 Å². The van der Waals surface area contributed by atoms with Crippen LogP contribution in [0.2, 0.25) is 0 Å². The van der Waals surface area contributed by atoms with E-state index < -0.39 is 0 Å². The molecule has 2 aromatic rings. The van der Waals surface area contributed by atoms with Gasteiger partial charge in [-0.2, -0.15) is 5.10 Å². The highest BCUT2D eigenvalue weighted by Gasteiger charge is 2.13. The molecule has 0 saturated heterocycles. The molecule has 0 aliphatic carbocycles. The lowest BCUT2D eigenvalue weighted by Gasteiger charge is -2.08. The maximum absolute atomic E-state index is 5.37. The van der Waals surface area contributed by atoms with Crippen molar-refractivity contribution >= 4 is 0 Å². The summed E-state index contributed by atoms with van der Waals surface area (Å²) in [6.45, 7) is 5.52. The van der Waals surface area contributed by atoms with Crippen molar-refractivity contribution in [3.63, 3.8) is 0 Å². The predicted octanol–water partition coefficient (Wildman–Crippen LogP) is 1.73. The van der Waals surface area contributed by atoms with Crippen molar-refractivity contribution in [3.05, 3.63) is 40.8 Å². The van der Waals surface area contributed by atoms with Crippen LogP contribution in [0.25, 0.3) is 0 Å². The molecule has 5 heteroatoms. The lowest BCUT2D eigenvalue weighted by atomic mass is 10.2. The third kappa shape index (κ3) is 2.93. The number of aryl methyl sites for hydroxylation is 3. The number of nitrogens with one attached hydrogen (secondary N) is 1. The van der Waals surface area contributed by atoms with Crippen LogP contribution < -0.4 is 10.1 Å². The first kappa shape index (κ1) is 13.5. The fourth-order valence-corrected chi connectivity index (χ4v) is 2.15. The van der Waals surface area contributed by atoms with Crippen LogP contribution in [0.1, 0.15) is 22.5 Å². The first-order chi connectivity index (χ1) is 9.13. The van der Waals surface area contributed by atoms with Gasteiger partial charge in [0.1, 0.15) is 0 Å². The fourth-order valence-electron chi connectivity index (χ4n) is 2.15. The Bertz CT molecular complexity index is 563. The second-order valence-corrected chi connectivity index (χ2v) is 4.57. The van der Waals surface area contributed by atoms with Crippen molar-refractivity contribution in [2.75, 3.05) is 7.11 Å². The highest BCUT2D eigenvalue weighted by Crippen LogP contribution is 2.20. The van der Waals surface area contributed by atoms with E-state index in [0.29, 0.717) is 0 Å². The summed E-state index contributed by atoms with van der Waals surface area (Å²) in [6, 6.07) is 4.02. The summed E-state index contributed by atoms with van der Waals surface area (Å²) >= 11 is 0. The second-order valence-electron chi connectivity index (χ2n) is 4.57. The van der Waals surface area contributed by atoms with Crippen molar-refractivity contribution in [2.45, 2.75) is 26.9 Å². The molecule has 2 aromatic heterocycles. The Labute approximate surface area is 113 Å². The van der Waals surface area contributed by atoms with Gasteiger partial charge in [-0.15, -0.1) is 0 Å². The number of aromatic nitrogens is 3. The zero-order chi connectivity index (χ0) is 13.8. The highest BCUT2D eigenvalue weighted by atomic mass is 16.5. The van der Waals surface area contributed by atoms with Gasteiger partial charge >= 0.3 is 0 Å². The van der Waals surface area contributed by atoms with E-state index in [-0.39, 0.29) is 0 Å². The molecule has 2 heterocycles. The highest BCUT2D eigenvalue weighted by molar-refractivity contribution is 5.30. The Morgan fingerprint density at radius 2 is 2.11 bits per heavy atom. The zero-order valence-corrected chi connectivity index (χ0v) is 11.9. The first-order valence-electron chi connectivity index (χ1n) is 6.31. The molecule has 0 radical (unpaired) electrons. The van der Waals surface area contributed by atoms with Crippen LogP contribution in [0, 0.1) is 13.8 Å². The van der Waals surface area contributed by atoms with Crippen molar-refractivity contribution < 1.29 is 4.74 Å². The molecular weight excluding hydrogens is 240 g/mol. The molecule has 5 nitrogen and oxygen atoms in total. The number of methoxy groups -OCH3 is 1. The van der Waals surface area contributed by atoms with Gasteiger partial charge in [0.15, 0.2) is 0 Å². The number of nitrogens with zero attached hydrogens (tertiary/aromatic N) is 3. The average Bonchev–Trinajstić information content (AvgIpc) is 2.66. The van der Waals surface area contributed by atoms with Crippen molar-refractivity contribution in [3.8, 4) is 5.88 Å². The van der Waals surface area contributed by atoms with E-state index in [1.165, 1.54) is 5.56 Å². The number of hydrogen-bond donors (Lipinski definition) is 1. The van der Waals surface area contributed by atoms with E-state index in [4.69, 9.17) is 4.74 Å². The van der Waals surface area contributed by atoms with E-state index in [1.807, 2.05) is 26.2 Å². The smallest absolute Gasteiger partial charge is 0.216 e. The minimum Gasteiger partial charge on any atom is -0.481 e. The second kappa shape index (κ2) is 5.84. The molecule has 0 spiro atoms. The molecule has 102 valence electrons. The monoisotopic (exact) mass is 260 g/mol. The Balaban J connectivity index is 2.02. The standard InChI is InChI=1S/C14H20N4O/c1-10-6-5-7-16-13(10)9-15-8-12-11(2)17-18(3)14(12)19-4/h5-7,15H,8-9H2,1-4H3. The Kier molecular flexibility index (Phi) is 4.16. The summed E-state index contributed by atoms with van der Waals surface area (Å²) in [5.41, 5.74) is 4.36. The minimum atomic E-state index is 0.721. The van der Waals surface area contributed by atoms with Gasteiger partial charge in [-0.25, -0.2) is 4.68 Å². The summed E-state index contributed by atoms with van der Waals surface area (Å²) in [5.74, 6) is 0.808. The normalized spacial score (nSPS) is 10.7. The quantitative estimate of drug-likeness (QED) is 0.889. The summed E-state index contributed by atoms with van der Waals surface area (Å²) in [7, 11) is 3.56. The summed E-state index contributed by atoms with van der Waals surface area (Å²) < 4.78 is 7.13. The molecule has 0 atom stereocenters.